The summed E-state index contributed by atoms with van der Waals surface area (Å²) < 4.78 is 5.92. The summed E-state index contributed by atoms with van der Waals surface area (Å²) in [5.74, 6) is -0.499. The fraction of sp³-hybridized carbons (Fsp3) is 0.700. The molecule has 1 aliphatic carbocycles. The summed E-state index contributed by atoms with van der Waals surface area (Å²) in [6.07, 6.45) is 4.94. The molecule has 4 aliphatic rings. The largest absolute Gasteiger partial charge is 0.369 e. The van der Waals surface area contributed by atoms with Crippen LogP contribution in [0.2, 0.25) is 0 Å². The number of nitrogens with two attached hydrogens (primary N) is 1. The molecule has 1 saturated carbocycles. The number of hydrogen-bond acceptors (Lipinski definition) is 6. The quantitative estimate of drug-likeness (QED) is 0.589. The molecule has 4 fully saturated rings. The minimum atomic E-state index is -0.525. The van der Waals surface area contributed by atoms with Gasteiger partial charge in [-0.25, -0.2) is 0 Å². The second-order valence-corrected chi connectivity index (χ2v) is 12.0. The van der Waals surface area contributed by atoms with E-state index in [1.54, 1.807) is 4.90 Å². The normalized spacial score (nSPS) is 27.7. The SMILES string of the molecule is CCN1CCN(c2ccc(C(N)=O)c([C@@H](C(=O)N3C[C@@H](C(C)C)[C@H]4OCC(=O)[C@H]43)C3CCCCC3)c2)CC1. The summed E-state index contributed by atoms with van der Waals surface area (Å²) in [6, 6.07) is 5.32. The van der Waals surface area contributed by atoms with Crippen molar-refractivity contribution < 1.29 is 19.1 Å². The molecule has 4 atom stereocenters. The molecule has 0 bridgehead atoms. The zero-order valence-electron chi connectivity index (χ0n) is 23.2. The Morgan fingerprint density at radius 3 is 2.42 bits per heavy atom. The van der Waals surface area contributed by atoms with Gasteiger partial charge in [-0.3, -0.25) is 14.4 Å². The topological polar surface area (TPSA) is 96.2 Å². The van der Waals surface area contributed by atoms with Crippen LogP contribution in [0.15, 0.2) is 18.2 Å². The van der Waals surface area contributed by atoms with Crippen molar-refractivity contribution in [3.63, 3.8) is 0 Å². The maximum atomic E-state index is 14.6. The van der Waals surface area contributed by atoms with Gasteiger partial charge in [-0.2, -0.15) is 0 Å². The van der Waals surface area contributed by atoms with Gasteiger partial charge in [-0.1, -0.05) is 40.0 Å². The van der Waals surface area contributed by atoms with Gasteiger partial charge < -0.3 is 25.2 Å². The lowest BCUT2D eigenvalue weighted by Crippen LogP contribution is -2.47. The molecule has 0 unspecified atom stereocenters. The van der Waals surface area contributed by atoms with Gasteiger partial charge in [0.15, 0.2) is 5.78 Å². The van der Waals surface area contributed by atoms with Crippen LogP contribution in [0.1, 0.15) is 74.7 Å². The number of likely N-dealkylation sites (N-methyl/N-ethyl adjacent to an activating group) is 1. The number of ketones is 1. The van der Waals surface area contributed by atoms with Crippen molar-refractivity contribution in [1.82, 2.24) is 9.80 Å². The smallest absolute Gasteiger partial charge is 0.249 e. The van der Waals surface area contributed by atoms with Gasteiger partial charge in [-0.05, 0) is 55.0 Å². The number of carbonyl (C=O) groups excluding carboxylic acids is 3. The number of ether oxygens (including phenoxy) is 1. The number of benzene rings is 1. The standard InChI is InChI=1S/C30H44N4O4/c1-4-32-12-14-33(15-13-32)21-10-11-22(29(31)36)23(16-21)26(20-8-6-5-7-9-20)30(37)34-17-24(19(2)3)28-27(34)25(35)18-38-28/h10-11,16,19-20,24,26-28H,4-9,12-15,17-18H2,1-3H3,(H2,31,36)/t24-,26-,27+,28+/m0/s1. The molecular weight excluding hydrogens is 480 g/mol. The van der Waals surface area contributed by atoms with E-state index in [0.717, 1.165) is 76.1 Å². The number of fused-ring (bicyclic) bond motifs is 1. The molecule has 1 aromatic carbocycles. The molecule has 8 nitrogen and oxygen atoms in total. The lowest BCUT2D eigenvalue weighted by atomic mass is 9.74. The van der Waals surface area contributed by atoms with Gasteiger partial charge >= 0.3 is 0 Å². The van der Waals surface area contributed by atoms with Crippen LogP contribution in [0.25, 0.3) is 0 Å². The second kappa shape index (κ2) is 11.3. The van der Waals surface area contributed by atoms with Gasteiger partial charge in [0.2, 0.25) is 11.8 Å². The first-order valence-corrected chi connectivity index (χ1v) is 14.7. The first kappa shape index (κ1) is 27.1. The predicted molar refractivity (Wildman–Crippen MR) is 147 cm³/mol. The van der Waals surface area contributed by atoms with Crippen LogP contribution in [-0.2, 0) is 14.3 Å². The van der Waals surface area contributed by atoms with E-state index < -0.39 is 17.9 Å². The Morgan fingerprint density at radius 2 is 1.79 bits per heavy atom. The van der Waals surface area contributed by atoms with E-state index in [9.17, 15) is 14.4 Å². The minimum Gasteiger partial charge on any atom is -0.369 e. The van der Waals surface area contributed by atoms with Crippen LogP contribution >= 0.6 is 0 Å². The number of hydrogen-bond donors (Lipinski definition) is 1. The van der Waals surface area contributed by atoms with E-state index in [4.69, 9.17) is 10.5 Å². The number of anilines is 1. The molecule has 0 aromatic heterocycles. The molecule has 3 heterocycles. The van der Waals surface area contributed by atoms with Crippen LogP contribution in [-0.4, -0.2) is 85.4 Å². The maximum Gasteiger partial charge on any atom is 0.249 e. The number of amides is 2. The molecule has 8 heteroatoms. The highest BCUT2D eigenvalue weighted by atomic mass is 16.5. The van der Waals surface area contributed by atoms with E-state index in [-0.39, 0.29) is 36.2 Å². The Balaban J connectivity index is 1.53. The molecular formula is C30H44N4O4. The summed E-state index contributed by atoms with van der Waals surface area (Å²) in [5.41, 5.74) is 8.11. The number of nitrogens with zero attached hydrogens (tertiary/aromatic N) is 3. The highest BCUT2D eigenvalue weighted by Crippen LogP contribution is 2.43. The van der Waals surface area contributed by atoms with Gasteiger partial charge in [0.1, 0.15) is 12.6 Å². The lowest BCUT2D eigenvalue weighted by molar-refractivity contribution is -0.139. The number of carbonyl (C=O) groups is 3. The second-order valence-electron chi connectivity index (χ2n) is 12.0. The Morgan fingerprint density at radius 1 is 1.08 bits per heavy atom. The predicted octanol–water partition coefficient (Wildman–Crippen LogP) is 3.04. The van der Waals surface area contributed by atoms with Crippen molar-refractivity contribution in [2.24, 2.45) is 23.5 Å². The summed E-state index contributed by atoms with van der Waals surface area (Å²) in [5, 5.41) is 0. The van der Waals surface area contributed by atoms with Crippen molar-refractivity contribution >= 4 is 23.3 Å². The third-order valence-electron chi connectivity index (χ3n) is 9.57. The Kier molecular flexibility index (Phi) is 8.10. The van der Waals surface area contributed by atoms with Gasteiger partial charge in [-0.15, -0.1) is 0 Å². The Bertz CT molecular complexity index is 1040. The average molecular weight is 525 g/mol. The fourth-order valence-corrected chi connectivity index (χ4v) is 7.29. The Hall–Kier alpha value is -2.45. The maximum absolute atomic E-state index is 14.6. The number of rotatable bonds is 7. The number of likely N-dealkylation sites (tertiary alicyclic amines) is 1. The zero-order chi connectivity index (χ0) is 27.0. The van der Waals surface area contributed by atoms with Crippen LogP contribution in [0.4, 0.5) is 5.69 Å². The monoisotopic (exact) mass is 524 g/mol. The third-order valence-corrected chi connectivity index (χ3v) is 9.57. The minimum absolute atomic E-state index is 0.00781. The van der Waals surface area contributed by atoms with Gasteiger partial charge in [0.05, 0.1) is 12.0 Å². The van der Waals surface area contributed by atoms with E-state index in [1.165, 1.54) is 0 Å². The number of Topliss-reactive ketones (excluding diaryl/α,β-unsaturated/α-hetero) is 1. The molecule has 2 N–H and O–H groups in total. The van der Waals surface area contributed by atoms with Crippen LogP contribution in [0.5, 0.6) is 0 Å². The lowest BCUT2D eigenvalue weighted by Gasteiger charge is -2.37. The average Bonchev–Trinajstić information content (AvgIpc) is 3.50. The van der Waals surface area contributed by atoms with Crippen molar-refractivity contribution in [1.29, 1.82) is 0 Å². The van der Waals surface area contributed by atoms with Crippen LogP contribution in [0.3, 0.4) is 0 Å². The number of piperazine rings is 1. The third kappa shape index (κ3) is 5.09. The van der Waals surface area contributed by atoms with Crippen molar-refractivity contribution in [3.05, 3.63) is 29.3 Å². The van der Waals surface area contributed by atoms with E-state index in [0.29, 0.717) is 18.0 Å². The first-order chi connectivity index (χ1) is 18.3. The molecule has 208 valence electrons. The summed E-state index contributed by atoms with van der Waals surface area (Å²) in [4.78, 5) is 46.8. The zero-order valence-corrected chi connectivity index (χ0v) is 23.2. The molecule has 2 amide bonds. The highest BCUT2D eigenvalue weighted by Gasteiger charge is 2.54. The van der Waals surface area contributed by atoms with Crippen LogP contribution in [0, 0.1) is 17.8 Å². The molecule has 3 aliphatic heterocycles. The summed E-state index contributed by atoms with van der Waals surface area (Å²) in [6.45, 7) is 11.9. The summed E-state index contributed by atoms with van der Waals surface area (Å²) >= 11 is 0. The Labute approximate surface area is 226 Å². The molecule has 0 spiro atoms. The van der Waals surface area contributed by atoms with Gasteiger partial charge in [0.25, 0.3) is 0 Å². The fourth-order valence-electron chi connectivity index (χ4n) is 7.29. The highest BCUT2D eigenvalue weighted by molar-refractivity contribution is 5.99. The molecule has 3 saturated heterocycles. The molecule has 5 rings (SSSR count). The van der Waals surface area contributed by atoms with Crippen molar-refractivity contribution in [2.45, 2.75) is 70.9 Å². The van der Waals surface area contributed by atoms with E-state index in [2.05, 4.69) is 36.6 Å². The van der Waals surface area contributed by atoms with Gasteiger partial charge in [0, 0.05) is 49.9 Å². The first-order valence-electron chi connectivity index (χ1n) is 14.7. The van der Waals surface area contributed by atoms with Crippen molar-refractivity contribution in [2.75, 3.05) is 50.8 Å². The number of primary amides is 1. The molecule has 38 heavy (non-hydrogen) atoms. The molecule has 0 radical (unpaired) electrons. The molecule has 1 aromatic rings. The summed E-state index contributed by atoms with van der Waals surface area (Å²) in [7, 11) is 0. The van der Waals surface area contributed by atoms with E-state index in [1.807, 2.05) is 12.1 Å². The van der Waals surface area contributed by atoms with Crippen molar-refractivity contribution in [3.8, 4) is 0 Å². The van der Waals surface area contributed by atoms with E-state index >= 15 is 0 Å². The van der Waals surface area contributed by atoms with Crippen LogP contribution < -0.4 is 10.6 Å².